The van der Waals surface area contributed by atoms with Crippen molar-refractivity contribution in [3.63, 3.8) is 0 Å². The SMILES string of the molecule is N#C/C(=C(\c1ccccc1)c1ccccc1C(=O)O)c1ccccc1. The minimum atomic E-state index is -1.02. The van der Waals surface area contributed by atoms with E-state index in [1.165, 1.54) is 0 Å². The molecule has 0 saturated heterocycles. The summed E-state index contributed by atoms with van der Waals surface area (Å²) < 4.78 is 0. The molecule has 0 aliphatic rings. The molecule has 0 spiro atoms. The van der Waals surface area contributed by atoms with Crippen LogP contribution in [0.4, 0.5) is 0 Å². The van der Waals surface area contributed by atoms with Crippen molar-refractivity contribution in [2.45, 2.75) is 0 Å². The maximum absolute atomic E-state index is 11.7. The lowest BCUT2D eigenvalue weighted by molar-refractivity contribution is 0.0696. The van der Waals surface area contributed by atoms with Crippen molar-refractivity contribution in [3.05, 3.63) is 107 Å². The summed E-state index contributed by atoms with van der Waals surface area (Å²) in [5, 5.41) is 19.4. The van der Waals surface area contributed by atoms with Crippen molar-refractivity contribution in [1.82, 2.24) is 0 Å². The summed E-state index contributed by atoms with van der Waals surface area (Å²) in [6, 6.07) is 27.7. The summed E-state index contributed by atoms with van der Waals surface area (Å²) >= 11 is 0. The summed E-state index contributed by atoms with van der Waals surface area (Å²) in [6.45, 7) is 0. The van der Waals surface area contributed by atoms with E-state index >= 15 is 0 Å². The molecule has 0 aromatic heterocycles. The highest BCUT2D eigenvalue weighted by atomic mass is 16.4. The summed E-state index contributed by atoms with van der Waals surface area (Å²) in [5.74, 6) is -1.02. The van der Waals surface area contributed by atoms with E-state index in [9.17, 15) is 15.2 Å². The molecule has 0 fully saturated rings. The Kier molecular flexibility index (Phi) is 4.73. The molecule has 0 unspecified atom stereocenters. The molecule has 0 saturated carbocycles. The second kappa shape index (κ2) is 7.29. The zero-order chi connectivity index (χ0) is 17.6. The highest BCUT2D eigenvalue weighted by molar-refractivity contribution is 6.07. The van der Waals surface area contributed by atoms with Gasteiger partial charge in [-0.1, -0.05) is 78.9 Å². The molecule has 0 bridgehead atoms. The van der Waals surface area contributed by atoms with Gasteiger partial charge in [0.15, 0.2) is 0 Å². The molecule has 1 N–H and O–H groups in total. The van der Waals surface area contributed by atoms with Crippen LogP contribution in [0.3, 0.4) is 0 Å². The number of carbonyl (C=O) groups is 1. The second-order valence-corrected chi connectivity index (χ2v) is 5.44. The van der Waals surface area contributed by atoms with Crippen LogP contribution >= 0.6 is 0 Å². The molecule has 25 heavy (non-hydrogen) atoms. The maximum Gasteiger partial charge on any atom is 0.336 e. The lowest BCUT2D eigenvalue weighted by Gasteiger charge is -2.14. The van der Waals surface area contributed by atoms with Crippen molar-refractivity contribution >= 4 is 17.1 Å². The first-order chi connectivity index (χ1) is 12.2. The average molecular weight is 325 g/mol. The third kappa shape index (κ3) is 3.34. The number of rotatable bonds is 4. The van der Waals surface area contributed by atoms with Crippen LogP contribution in [-0.2, 0) is 0 Å². The smallest absolute Gasteiger partial charge is 0.336 e. The largest absolute Gasteiger partial charge is 0.478 e. The molecule has 3 nitrogen and oxygen atoms in total. The fourth-order valence-electron chi connectivity index (χ4n) is 2.80. The molecule has 3 heteroatoms. The van der Waals surface area contributed by atoms with Gasteiger partial charge in [0.05, 0.1) is 11.1 Å². The molecule has 3 rings (SSSR count). The molecule has 0 atom stereocenters. The summed E-state index contributed by atoms with van der Waals surface area (Å²) in [7, 11) is 0. The highest BCUT2D eigenvalue weighted by Crippen LogP contribution is 2.33. The first-order valence-corrected chi connectivity index (χ1v) is 7.80. The fraction of sp³-hybridized carbons (Fsp3) is 0. The number of hydrogen-bond acceptors (Lipinski definition) is 2. The topological polar surface area (TPSA) is 61.1 Å². The van der Waals surface area contributed by atoms with E-state index in [2.05, 4.69) is 6.07 Å². The van der Waals surface area contributed by atoms with E-state index in [4.69, 9.17) is 0 Å². The maximum atomic E-state index is 11.7. The monoisotopic (exact) mass is 325 g/mol. The van der Waals surface area contributed by atoms with Crippen molar-refractivity contribution in [1.29, 1.82) is 5.26 Å². The Hall–Kier alpha value is -3.64. The van der Waals surface area contributed by atoms with E-state index in [0.29, 0.717) is 16.7 Å². The van der Waals surface area contributed by atoms with Gasteiger partial charge in [0.2, 0.25) is 0 Å². The molecule has 3 aromatic rings. The van der Waals surface area contributed by atoms with Crippen LogP contribution in [-0.4, -0.2) is 11.1 Å². The molecular formula is C22H15NO2. The van der Waals surface area contributed by atoms with Gasteiger partial charge in [0.25, 0.3) is 0 Å². The predicted molar refractivity (Wildman–Crippen MR) is 97.8 cm³/mol. The normalized spacial score (nSPS) is 11.3. The lowest BCUT2D eigenvalue weighted by Crippen LogP contribution is -2.04. The first-order valence-electron chi connectivity index (χ1n) is 7.80. The average Bonchev–Trinajstić information content (AvgIpc) is 2.67. The van der Waals surface area contributed by atoms with Crippen molar-refractivity contribution in [3.8, 4) is 6.07 Å². The van der Waals surface area contributed by atoms with Crippen molar-refractivity contribution in [2.75, 3.05) is 0 Å². The van der Waals surface area contributed by atoms with Crippen LogP contribution in [0.15, 0.2) is 84.9 Å². The number of carboxylic acids is 1. The van der Waals surface area contributed by atoms with Crippen LogP contribution in [0.25, 0.3) is 11.1 Å². The number of carboxylic acid groups (broad SMARTS) is 1. The number of nitrogens with zero attached hydrogens (tertiary/aromatic N) is 1. The minimum absolute atomic E-state index is 0.171. The van der Waals surface area contributed by atoms with Crippen LogP contribution in [0.5, 0.6) is 0 Å². The Balaban J connectivity index is 2.39. The zero-order valence-electron chi connectivity index (χ0n) is 13.4. The third-order valence-electron chi connectivity index (χ3n) is 3.91. The quantitative estimate of drug-likeness (QED) is 0.550. The van der Waals surface area contributed by atoms with Crippen LogP contribution in [0.2, 0.25) is 0 Å². The standard InChI is InChI=1S/C22H15NO2/c23-15-20(16-9-3-1-4-10-16)21(17-11-5-2-6-12-17)18-13-7-8-14-19(18)22(24)25/h1-14H,(H,24,25)/b21-20-. The van der Waals surface area contributed by atoms with Crippen LogP contribution < -0.4 is 0 Å². The van der Waals surface area contributed by atoms with E-state index in [1.54, 1.807) is 24.3 Å². The van der Waals surface area contributed by atoms with Crippen molar-refractivity contribution in [2.24, 2.45) is 0 Å². The summed E-state index contributed by atoms with van der Waals surface area (Å²) in [4.78, 5) is 11.7. The van der Waals surface area contributed by atoms with Gasteiger partial charge >= 0.3 is 5.97 Å². The molecule has 120 valence electrons. The Morgan fingerprint density at radius 1 is 0.720 bits per heavy atom. The van der Waals surface area contributed by atoms with E-state index in [-0.39, 0.29) is 5.56 Å². The van der Waals surface area contributed by atoms with E-state index < -0.39 is 5.97 Å². The Labute approximate surface area is 146 Å². The lowest BCUT2D eigenvalue weighted by atomic mass is 9.87. The van der Waals surface area contributed by atoms with Gasteiger partial charge in [-0.15, -0.1) is 0 Å². The number of benzene rings is 3. The molecule has 0 radical (unpaired) electrons. The third-order valence-corrected chi connectivity index (χ3v) is 3.91. The molecule has 0 aliphatic heterocycles. The summed E-state index contributed by atoms with van der Waals surface area (Å²) in [5.41, 5.74) is 3.32. The Morgan fingerprint density at radius 3 is 1.72 bits per heavy atom. The van der Waals surface area contributed by atoms with Gasteiger partial charge in [-0.25, -0.2) is 4.79 Å². The Bertz CT molecular complexity index is 968. The van der Waals surface area contributed by atoms with Crippen LogP contribution in [0, 0.1) is 11.3 Å². The summed E-state index contributed by atoms with van der Waals surface area (Å²) in [6.07, 6.45) is 0. The number of allylic oxidation sites excluding steroid dienone is 1. The number of aromatic carboxylic acids is 1. The van der Waals surface area contributed by atoms with Gasteiger partial charge in [-0.3, -0.25) is 0 Å². The zero-order valence-corrected chi connectivity index (χ0v) is 13.4. The molecule has 3 aromatic carbocycles. The minimum Gasteiger partial charge on any atom is -0.478 e. The molecule has 0 aliphatic carbocycles. The number of nitriles is 1. The van der Waals surface area contributed by atoms with Crippen LogP contribution in [0.1, 0.15) is 27.0 Å². The highest BCUT2D eigenvalue weighted by Gasteiger charge is 2.19. The fourth-order valence-corrected chi connectivity index (χ4v) is 2.80. The van der Waals surface area contributed by atoms with E-state index in [1.807, 2.05) is 60.7 Å². The van der Waals surface area contributed by atoms with Gasteiger partial charge < -0.3 is 5.11 Å². The van der Waals surface area contributed by atoms with Gasteiger partial charge in [0.1, 0.15) is 6.07 Å². The van der Waals surface area contributed by atoms with Gasteiger partial charge in [-0.2, -0.15) is 5.26 Å². The van der Waals surface area contributed by atoms with Gasteiger partial charge in [0, 0.05) is 5.57 Å². The molecule has 0 heterocycles. The van der Waals surface area contributed by atoms with Gasteiger partial charge in [-0.05, 0) is 22.8 Å². The van der Waals surface area contributed by atoms with E-state index in [0.717, 1.165) is 11.1 Å². The number of hydrogen-bond donors (Lipinski definition) is 1. The molecule has 0 amide bonds. The molecular weight excluding hydrogens is 310 g/mol. The second-order valence-electron chi connectivity index (χ2n) is 5.44. The predicted octanol–water partition coefficient (Wildman–Crippen LogP) is 4.87. The Morgan fingerprint density at radius 2 is 1.20 bits per heavy atom. The first kappa shape index (κ1) is 16.2. The van der Waals surface area contributed by atoms with Crippen molar-refractivity contribution < 1.29 is 9.90 Å².